The van der Waals surface area contributed by atoms with Gasteiger partial charge in [-0.05, 0) is 19.9 Å². The van der Waals surface area contributed by atoms with Crippen molar-refractivity contribution in [3.8, 4) is 0 Å². The van der Waals surface area contributed by atoms with Crippen LogP contribution in [0.1, 0.15) is 11.4 Å². The van der Waals surface area contributed by atoms with Crippen molar-refractivity contribution in [2.45, 2.75) is 18.7 Å². The summed E-state index contributed by atoms with van der Waals surface area (Å²) < 4.78 is 40.1. The van der Waals surface area contributed by atoms with E-state index in [0.29, 0.717) is 17.5 Å². The Kier molecular flexibility index (Phi) is 3.64. The van der Waals surface area contributed by atoms with Gasteiger partial charge < -0.3 is 0 Å². The smallest absolute Gasteiger partial charge is 0.280 e. The minimum Gasteiger partial charge on any atom is -0.280 e. The number of halogens is 1. The molecule has 0 unspecified atom stereocenters. The number of nitrogens with zero attached hydrogens (tertiary/aromatic N) is 2. The van der Waals surface area contributed by atoms with Gasteiger partial charge in [0.1, 0.15) is 0 Å². The van der Waals surface area contributed by atoms with Crippen LogP contribution in [0.2, 0.25) is 0 Å². The van der Waals surface area contributed by atoms with Gasteiger partial charge in [-0.3, -0.25) is 19.9 Å². The predicted molar refractivity (Wildman–Crippen MR) is 71.9 cm³/mol. The fourth-order valence-corrected chi connectivity index (χ4v) is 2.89. The number of hydrogen-bond donors (Lipinski definition) is 2. The molecule has 2 rings (SSSR count). The Hall–Kier alpha value is -2.49. The minimum atomic E-state index is -4.07. The van der Waals surface area contributed by atoms with E-state index in [4.69, 9.17) is 0 Å². The van der Waals surface area contributed by atoms with E-state index >= 15 is 0 Å². The minimum absolute atomic E-state index is 0.258. The van der Waals surface area contributed by atoms with Gasteiger partial charge in [0, 0.05) is 12.1 Å². The molecule has 0 saturated carbocycles. The molecule has 0 spiro atoms. The average molecular weight is 314 g/mol. The van der Waals surface area contributed by atoms with E-state index in [9.17, 15) is 22.9 Å². The van der Waals surface area contributed by atoms with Gasteiger partial charge in [-0.2, -0.15) is 9.49 Å². The predicted octanol–water partition coefficient (Wildman–Crippen LogP) is 1.87. The maximum Gasteiger partial charge on any atom is 0.304 e. The molecule has 21 heavy (non-hydrogen) atoms. The number of nitrogens with one attached hydrogen (secondary N) is 2. The van der Waals surface area contributed by atoms with Gasteiger partial charge in [0.05, 0.1) is 26.9 Å². The van der Waals surface area contributed by atoms with Crippen LogP contribution in [0.4, 0.5) is 15.8 Å². The van der Waals surface area contributed by atoms with Crippen molar-refractivity contribution in [3.05, 3.63) is 45.5 Å². The molecule has 0 bridgehead atoms. The third kappa shape index (κ3) is 2.84. The number of sulfonamides is 1. The van der Waals surface area contributed by atoms with Gasteiger partial charge in [0.15, 0.2) is 0 Å². The number of hydrogen-bond acceptors (Lipinski definition) is 5. The third-order valence-corrected chi connectivity index (χ3v) is 4.14. The first-order valence-electron chi connectivity index (χ1n) is 5.70. The number of anilines is 1. The highest BCUT2D eigenvalue weighted by Gasteiger charge is 2.22. The van der Waals surface area contributed by atoms with Crippen molar-refractivity contribution < 1.29 is 17.7 Å². The summed E-state index contributed by atoms with van der Waals surface area (Å²) in [6.45, 7) is 3.21. The molecule has 0 amide bonds. The Morgan fingerprint density at radius 2 is 2.05 bits per heavy atom. The lowest BCUT2D eigenvalue weighted by Crippen LogP contribution is -2.14. The van der Waals surface area contributed by atoms with Crippen molar-refractivity contribution in [1.29, 1.82) is 0 Å². The number of aromatic nitrogens is 2. The monoisotopic (exact) mass is 314 g/mol. The number of H-pyrrole nitrogens is 1. The SMILES string of the molecule is Cc1n[nH]c(C)c1NS(=O)(=O)c1ccc([N+](=O)[O-])c(F)c1. The topological polar surface area (TPSA) is 118 Å². The fraction of sp³-hybridized carbons (Fsp3) is 0.182. The number of rotatable bonds is 4. The number of nitro groups is 1. The van der Waals surface area contributed by atoms with Crippen molar-refractivity contribution in [2.75, 3.05) is 4.72 Å². The maximum atomic E-state index is 13.5. The Balaban J connectivity index is 2.41. The van der Waals surface area contributed by atoms with Gasteiger partial charge in [0.25, 0.3) is 10.0 Å². The molecule has 0 aliphatic heterocycles. The Morgan fingerprint density at radius 1 is 1.38 bits per heavy atom. The Morgan fingerprint density at radius 3 is 2.52 bits per heavy atom. The molecule has 0 fully saturated rings. The summed E-state index contributed by atoms with van der Waals surface area (Å²) in [7, 11) is -4.07. The Labute approximate surface area is 119 Å². The standard InChI is InChI=1S/C11H11FN4O4S/c1-6-11(7(2)14-13-6)15-21(19,20)8-3-4-10(16(17)18)9(12)5-8/h3-5,15H,1-2H3,(H,13,14). The highest BCUT2D eigenvalue weighted by Crippen LogP contribution is 2.24. The molecule has 8 nitrogen and oxygen atoms in total. The second kappa shape index (κ2) is 5.13. The molecule has 0 aliphatic carbocycles. The molecule has 2 N–H and O–H groups in total. The van der Waals surface area contributed by atoms with Crippen LogP contribution >= 0.6 is 0 Å². The van der Waals surface area contributed by atoms with E-state index in [-0.39, 0.29) is 5.69 Å². The van der Waals surface area contributed by atoms with Crippen LogP contribution in [-0.2, 0) is 10.0 Å². The van der Waals surface area contributed by atoms with Crippen LogP contribution in [0, 0.1) is 29.8 Å². The quantitative estimate of drug-likeness (QED) is 0.659. The van der Waals surface area contributed by atoms with Gasteiger partial charge in [-0.1, -0.05) is 0 Å². The summed E-state index contributed by atoms with van der Waals surface area (Å²) in [5.74, 6) is -1.22. The Bertz CT molecular complexity index is 796. The van der Waals surface area contributed by atoms with Gasteiger partial charge in [0.2, 0.25) is 5.82 Å². The zero-order valence-electron chi connectivity index (χ0n) is 11.0. The lowest BCUT2D eigenvalue weighted by Gasteiger charge is -2.08. The lowest BCUT2D eigenvalue weighted by atomic mass is 10.3. The van der Waals surface area contributed by atoms with Gasteiger partial charge in [-0.25, -0.2) is 8.42 Å². The van der Waals surface area contributed by atoms with E-state index in [1.165, 1.54) is 0 Å². The maximum absolute atomic E-state index is 13.5. The molecule has 0 aliphatic rings. The normalized spacial score (nSPS) is 11.4. The van der Waals surface area contributed by atoms with Crippen LogP contribution in [0.25, 0.3) is 0 Å². The first kappa shape index (κ1) is 14.9. The third-order valence-electron chi connectivity index (χ3n) is 2.79. The molecule has 0 saturated heterocycles. The summed E-state index contributed by atoms with van der Waals surface area (Å²) >= 11 is 0. The molecule has 1 aromatic carbocycles. The first-order valence-corrected chi connectivity index (χ1v) is 7.19. The first-order chi connectivity index (χ1) is 9.72. The number of aryl methyl sites for hydroxylation is 2. The van der Waals surface area contributed by atoms with Crippen molar-refractivity contribution in [2.24, 2.45) is 0 Å². The van der Waals surface area contributed by atoms with Crippen LogP contribution in [0.15, 0.2) is 23.1 Å². The van der Waals surface area contributed by atoms with Gasteiger partial charge >= 0.3 is 5.69 Å². The summed E-state index contributed by atoms with van der Waals surface area (Å²) in [4.78, 5) is 9.18. The summed E-state index contributed by atoms with van der Waals surface area (Å²) in [5, 5.41) is 17.0. The van der Waals surface area contributed by atoms with Crippen LogP contribution in [0.5, 0.6) is 0 Å². The molecule has 2 aromatic rings. The van der Waals surface area contributed by atoms with Crippen LogP contribution in [0.3, 0.4) is 0 Å². The van der Waals surface area contributed by atoms with Crippen molar-refractivity contribution >= 4 is 21.4 Å². The summed E-state index contributed by atoms with van der Waals surface area (Å²) in [6.07, 6.45) is 0. The van der Waals surface area contributed by atoms with Crippen molar-refractivity contribution in [1.82, 2.24) is 10.2 Å². The molecule has 112 valence electrons. The number of nitro benzene ring substituents is 1. The van der Waals surface area contributed by atoms with E-state index in [0.717, 1.165) is 12.1 Å². The van der Waals surface area contributed by atoms with E-state index in [1.54, 1.807) is 13.8 Å². The molecular formula is C11H11FN4O4S. The van der Waals surface area contributed by atoms with E-state index in [2.05, 4.69) is 14.9 Å². The van der Waals surface area contributed by atoms with Crippen LogP contribution in [-0.4, -0.2) is 23.5 Å². The second-order valence-electron chi connectivity index (χ2n) is 4.28. The molecular weight excluding hydrogens is 303 g/mol. The van der Waals surface area contributed by atoms with Gasteiger partial charge in [-0.15, -0.1) is 0 Å². The molecule has 1 aromatic heterocycles. The highest BCUT2D eigenvalue weighted by molar-refractivity contribution is 7.92. The van der Waals surface area contributed by atoms with E-state index in [1.807, 2.05) is 0 Å². The fourth-order valence-electron chi connectivity index (χ4n) is 1.70. The zero-order chi connectivity index (χ0) is 15.8. The molecule has 0 radical (unpaired) electrons. The van der Waals surface area contributed by atoms with Crippen LogP contribution < -0.4 is 4.72 Å². The zero-order valence-corrected chi connectivity index (χ0v) is 11.9. The second-order valence-corrected chi connectivity index (χ2v) is 5.97. The lowest BCUT2D eigenvalue weighted by molar-refractivity contribution is -0.387. The summed E-state index contributed by atoms with van der Waals surface area (Å²) in [5.41, 5.74) is 0.398. The summed E-state index contributed by atoms with van der Waals surface area (Å²) in [6, 6.07) is 2.37. The molecule has 1 heterocycles. The van der Waals surface area contributed by atoms with E-state index < -0.39 is 31.3 Å². The molecule has 10 heteroatoms. The highest BCUT2D eigenvalue weighted by atomic mass is 32.2. The molecule has 0 atom stereocenters. The van der Waals surface area contributed by atoms with Crippen molar-refractivity contribution in [3.63, 3.8) is 0 Å². The largest absolute Gasteiger partial charge is 0.304 e. The average Bonchev–Trinajstić information content (AvgIpc) is 2.69. The number of benzene rings is 1. The number of aromatic amines is 1.